The van der Waals surface area contributed by atoms with Gasteiger partial charge < -0.3 is 0 Å². The van der Waals surface area contributed by atoms with Gasteiger partial charge in [-0.1, -0.05) is 6.07 Å². The number of carbonyl (C=O) groups is 1. The number of hydrogen-bond acceptors (Lipinski definition) is 3. The summed E-state index contributed by atoms with van der Waals surface area (Å²) in [5.74, 6) is -0.455. The van der Waals surface area contributed by atoms with Gasteiger partial charge in [0.05, 0.1) is 6.42 Å². The minimum atomic E-state index is -0.455. The van der Waals surface area contributed by atoms with Gasteiger partial charge in [0.2, 0.25) is 5.78 Å². The second-order valence-electron chi connectivity index (χ2n) is 2.03. The average molecular weight is 146 g/mol. The number of pyridine rings is 1. The molecule has 0 unspecified atom stereocenters. The third-order valence-electron chi connectivity index (χ3n) is 1.19. The largest absolute Gasteiger partial charge is 0.282 e. The van der Waals surface area contributed by atoms with Crippen LogP contribution in [0.3, 0.4) is 0 Å². The Morgan fingerprint density at radius 2 is 2.45 bits per heavy atom. The highest BCUT2D eigenvalue weighted by Crippen LogP contribution is 1.94. The number of hydrogen-bond donors (Lipinski definition) is 0. The molecule has 0 amide bonds. The number of carbonyl (C=O) groups excluding carboxylic acids is 1. The molecule has 0 aliphatic heterocycles. The molecule has 0 saturated carbocycles. The van der Waals surface area contributed by atoms with Crippen LogP contribution >= 0.6 is 0 Å². The van der Waals surface area contributed by atoms with E-state index in [0.717, 1.165) is 0 Å². The normalized spacial score (nSPS) is 8.64. The van der Waals surface area contributed by atoms with Crippen molar-refractivity contribution in [3.8, 4) is 6.07 Å². The molecule has 0 spiro atoms. The fourth-order valence-electron chi connectivity index (χ4n) is 0.707. The zero-order valence-electron chi connectivity index (χ0n) is 5.82. The first kappa shape index (κ1) is 7.42. The molecule has 0 saturated heterocycles. The Bertz CT molecular complexity index is 287. The highest BCUT2D eigenvalue weighted by Gasteiger charge is 2.00. The van der Waals surface area contributed by atoms with E-state index in [1.54, 1.807) is 24.4 Å². The fourth-order valence-corrected chi connectivity index (χ4v) is 0.707. The van der Waals surface area contributed by atoms with Gasteiger partial charge in [0.1, 0.15) is 6.07 Å². The van der Waals surface area contributed by atoms with Crippen molar-refractivity contribution in [3.05, 3.63) is 30.1 Å². The van der Waals surface area contributed by atoms with Crippen LogP contribution in [0.5, 0.6) is 0 Å². The van der Waals surface area contributed by atoms with Gasteiger partial charge >= 0.3 is 0 Å². The van der Waals surface area contributed by atoms with Crippen LogP contribution < -0.4 is 0 Å². The molecule has 3 nitrogen and oxygen atoms in total. The molecular formula is C8H6N2O. The number of Topliss-reactive ketones (excluding diaryl/α,β-unsaturated/α-hetero) is 1. The molecule has 1 heterocycles. The molecule has 1 aromatic heterocycles. The van der Waals surface area contributed by atoms with Crippen molar-refractivity contribution in [1.82, 2.24) is 4.98 Å². The number of aromatic nitrogens is 1. The summed E-state index contributed by atoms with van der Waals surface area (Å²) >= 11 is 0. The first-order valence-corrected chi connectivity index (χ1v) is 3.16. The zero-order chi connectivity index (χ0) is 8.10. The van der Waals surface area contributed by atoms with E-state index in [0.29, 0.717) is 5.69 Å². The molecule has 0 radical (unpaired) electrons. The van der Waals surface area contributed by atoms with Crippen LogP contribution in [0.25, 0.3) is 0 Å². The van der Waals surface area contributed by atoms with Gasteiger partial charge in [0.25, 0.3) is 0 Å². The van der Waals surface area contributed by atoms with Gasteiger partial charge in [-0.05, 0) is 12.1 Å². The SMILES string of the molecule is N#CC(=O)Cc1ccccn1. The molecule has 1 rings (SSSR count). The van der Waals surface area contributed by atoms with E-state index in [1.165, 1.54) is 6.07 Å². The summed E-state index contributed by atoms with van der Waals surface area (Å²) in [7, 11) is 0. The Hall–Kier alpha value is -1.69. The van der Waals surface area contributed by atoms with Gasteiger partial charge in [0.15, 0.2) is 0 Å². The van der Waals surface area contributed by atoms with Crippen molar-refractivity contribution in [3.63, 3.8) is 0 Å². The molecule has 3 heteroatoms. The first-order valence-electron chi connectivity index (χ1n) is 3.16. The van der Waals surface area contributed by atoms with Crippen LogP contribution in [0.2, 0.25) is 0 Å². The van der Waals surface area contributed by atoms with Gasteiger partial charge in [0, 0.05) is 11.9 Å². The van der Waals surface area contributed by atoms with E-state index in [1.807, 2.05) is 0 Å². The maximum atomic E-state index is 10.6. The van der Waals surface area contributed by atoms with Crippen molar-refractivity contribution in [2.75, 3.05) is 0 Å². The summed E-state index contributed by atoms with van der Waals surface area (Å²) in [6, 6.07) is 6.80. The van der Waals surface area contributed by atoms with Crippen LogP contribution in [-0.2, 0) is 11.2 Å². The number of nitriles is 1. The fraction of sp³-hybridized carbons (Fsp3) is 0.125. The van der Waals surface area contributed by atoms with Gasteiger partial charge in [-0.25, -0.2) is 0 Å². The molecule has 0 aliphatic rings. The van der Waals surface area contributed by atoms with E-state index in [-0.39, 0.29) is 6.42 Å². The topological polar surface area (TPSA) is 53.8 Å². The van der Waals surface area contributed by atoms with Crippen LogP contribution in [0.15, 0.2) is 24.4 Å². The number of nitrogens with zero attached hydrogens (tertiary/aromatic N) is 2. The van der Waals surface area contributed by atoms with Gasteiger partial charge in [-0.2, -0.15) is 5.26 Å². The predicted octanol–water partition coefficient (Wildman–Crippen LogP) is 0.717. The Morgan fingerprint density at radius 3 is 3.00 bits per heavy atom. The summed E-state index contributed by atoms with van der Waals surface area (Å²) < 4.78 is 0. The summed E-state index contributed by atoms with van der Waals surface area (Å²) in [5.41, 5.74) is 0.638. The zero-order valence-corrected chi connectivity index (χ0v) is 5.82. The maximum absolute atomic E-state index is 10.6. The summed E-state index contributed by atoms with van der Waals surface area (Å²) in [6.07, 6.45) is 1.71. The molecule has 0 N–H and O–H groups in total. The maximum Gasteiger partial charge on any atom is 0.237 e. The third-order valence-corrected chi connectivity index (χ3v) is 1.19. The molecule has 0 fully saturated rings. The van der Waals surface area contributed by atoms with Crippen LogP contribution in [0.4, 0.5) is 0 Å². The van der Waals surface area contributed by atoms with E-state index in [9.17, 15) is 4.79 Å². The molecule has 0 atom stereocenters. The van der Waals surface area contributed by atoms with E-state index >= 15 is 0 Å². The Labute approximate surface area is 64.3 Å². The molecule has 11 heavy (non-hydrogen) atoms. The first-order chi connectivity index (χ1) is 5.33. The molecule has 54 valence electrons. The molecule has 0 bridgehead atoms. The minimum absolute atomic E-state index is 0.108. The molecule has 0 aliphatic carbocycles. The van der Waals surface area contributed by atoms with E-state index in [4.69, 9.17) is 5.26 Å². The highest BCUT2D eigenvalue weighted by molar-refractivity contribution is 5.94. The van der Waals surface area contributed by atoms with Crippen molar-refractivity contribution in [2.24, 2.45) is 0 Å². The third kappa shape index (κ3) is 2.18. The van der Waals surface area contributed by atoms with Crippen molar-refractivity contribution < 1.29 is 4.79 Å². The molecule has 0 aromatic carbocycles. The number of rotatable bonds is 2. The average Bonchev–Trinajstić information content (AvgIpc) is 2.06. The van der Waals surface area contributed by atoms with Crippen LogP contribution in [0.1, 0.15) is 5.69 Å². The summed E-state index contributed by atoms with van der Waals surface area (Å²) in [5, 5.41) is 8.17. The second-order valence-corrected chi connectivity index (χ2v) is 2.03. The molecule has 1 aromatic rings. The Kier molecular flexibility index (Phi) is 2.34. The van der Waals surface area contributed by atoms with E-state index < -0.39 is 5.78 Å². The lowest BCUT2D eigenvalue weighted by Gasteiger charge is -1.91. The smallest absolute Gasteiger partial charge is 0.237 e. The summed E-state index contributed by atoms with van der Waals surface area (Å²) in [4.78, 5) is 14.5. The predicted molar refractivity (Wildman–Crippen MR) is 38.6 cm³/mol. The standard InChI is InChI=1S/C8H6N2O/c9-6-8(11)5-7-3-1-2-4-10-7/h1-4H,5H2. The highest BCUT2D eigenvalue weighted by atomic mass is 16.1. The van der Waals surface area contributed by atoms with Gasteiger partial charge in [-0.15, -0.1) is 0 Å². The Balaban J connectivity index is 2.67. The van der Waals surface area contributed by atoms with Crippen LogP contribution in [-0.4, -0.2) is 10.8 Å². The molecular weight excluding hydrogens is 140 g/mol. The van der Waals surface area contributed by atoms with Crippen molar-refractivity contribution >= 4 is 5.78 Å². The quantitative estimate of drug-likeness (QED) is 0.577. The number of ketones is 1. The van der Waals surface area contributed by atoms with Crippen molar-refractivity contribution in [1.29, 1.82) is 5.26 Å². The van der Waals surface area contributed by atoms with Crippen molar-refractivity contribution in [2.45, 2.75) is 6.42 Å². The lowest BCUT2D eigenvalue weighted by Crippen LogP contribution is -1.99. The lowest BCUT2D eigenvalue weighted by atomic mass is 10.2. The minimum Gasteiger partial charge on any atom is -0.282 e. The van der Waals surface area contributed by atoms with E-state index in [2.05, 4.69) is 4.98 Å². The van der Waals surface area contributed by atoms with Gasteiger partial charge in [-0.3, -0.25) is 9.78 Å². The Morgan fingerprint density at radius 1 is 1.64 bits per heavy atom. The summed E-state index contributed by atoms with van der Waals surface area (Å²) in [6.45, 7) is 0. The van der Waals surface area contributed by atoms with Crippen LogP contribution in [0, 0.1) is 11.3 Å². The second kappa shape index (κ2) is 3.47. The lowest BCUT2D eigenvalue weighted by molar-refractivity contribution is -0.113. The monoisotopic (exact) mass is 146 g/mol.